The standard InChI is InChI=1S/C15H31NO/c1-3-5-8-12-16(13-9-6-4-2)14-10-7-11-15-17/h15H,3-14H2,1-2H3. The summed E-state index contributed by atoms with van der Waals surface area (Å²) in [6, 6.07) is 0. The van der Waals surface area contributed by atoms with Gasteiger partial charge in [-0.15, -0.1) is 0 Å². The number of aldehydes is 1. The van der Waals surface area contributed by atoms with Crippen molar-refractivity contribution < 1.29 is 4.79 Å². The summed E-state index contributed by atoms with van der Waals surface area (Å²) < 4.78 is 0. The highest BCUT2D eigenvalue weighted by Crippen LogP contribution is 2.05. The second-order valence-corrected chi connectivity index (χ2v) is 4.92. The summed E-state index contributed by atoms with van der Waals surface area (Å²) in [5.41, 5.74) is 0. The van der Waals surface area contributed by atoms with Crippen molar-refractivity contribution in [3.05, 3.63) is 0 Å². The largest absolute Gasteiger partial charge is 0.303 e. The van der Waals surface area contributed by atoms with Gasteiger partial charge in [-0.1, -0.05) is 39.5 Å². The Bertz CT molecular complexity index is 149. The minimum atomic E-state index is 0.734. The highest BCUT2D eigenvalue weighted by Gasteiger charge is 2.03. The lowest BCUT2D eigenvalue weighted by Gasteiger charge is -2.22. The van der Waals surface area contributed by atoms with Crippen molar-refractivity contribution in [1.29, 1.82) is 0 Å². The molecule has 0 heterocycles. The van der Waals surface area contributed by atoms with Gasteiger partial charge in [0.2, 0.25) is 0 Å². The molecule has 0 aliphatic rings. The second-order valence-electron chi connectivity index (χ2n) is 4.92. The number of nitrogens with zero attached hydrogens (tertiary/aromatic N) is 1. The van der Waals surface area contributed by atoms with E-state index in [1.165, 1.54) is 64.6 Å². The van der Waals surface area contributed by atoms with Gasteiger partial charge < -0.3 is 9.69 Å². The fraction of sp³-hybridized carbons (Fsp3) is 0.933. The molecule has 0 radical (unpaired) electrons. The van der Waals surface area contributed by atoms with Crippen molar-refractivity contribution in [2.24, 2.45) is 0 Å². The molecule has 0 aliphatic carbocycles. The Hall–Kier alpha value is -0.370. The third kappa shape index (κ3) is 11.9. The van der Waals surface area contributed by atoms with Crippen LogP contribution in [0.15, 0.2) is 0 Å². The minimum Gasteiger partial charge on any atom is -0.303 e. The second kappa shape index (κ2) is 13.7. The zero-order valence-electron chi connectivity index (χ0n) is 11.9. The molecular weight excluding hydrogens is 210 g/mol. The van der Waals surface area contributed by atoms with Crippen molar-refractivity contribution >= 4 is 6.29 Å². The molecule has 0 rings (SSSR count). The SMILES string of the molecule is CCCCCN(CCCCC)CCCCC=O. The van der Waals surface area contributed by atoms with Gasteiger partial charge in [0.15, 0.2) is 0 Å². The Balaban J connectivity index is 3.63. The van der Waals surface area contributed by atoms with E-state index in [0.29, 0.717) is 0 Å². The zero-order valence-corrected chi connectivity index (χ0v) is 11.9. The topological polar surface area (TPSA) is 20.3 Å². The van der Waals surface area contributed by atoms with Gasteiger partial charge >= 0.3 is 0 Å². The molecule has 0 fully saturated rings. The van der Waals surface area contributed by atoms with E-state index >= 15 is 0 Å². The third-order valence-electron chi connectivity index (χ3n) is 3.20. The van der Waals surface area contributed by atoms with Gasteiger partial charge in [-0.05, 0) is 45.3 Å². The number of carbonyl (C=O) groups excluding carboxylic acids is 1. The van der Waals surface area contributed by atoms with Gasteiger partial charge in [0, 0.05) is 6.42 Å². The number of rotatable bonds is 13. The monoisotopic (exact) mass is 241 g/mol. The zero-order chi connectivity index (χ0) is 12.8. The summed E-state index contributed by atoms with van der Waals surface area (Å²) in [4.78, 5) is 12.9. The highest BCUT2D eigenvalue weighted by atomic mass is 16.1. The Labute approximate surface area is 108 Å². The molecule has 0 saturated carbocycles. The number of hydrogen-bond donors (Lipinski definition) is 0. The van der Waals surface area contributed by atoms with Crippen LogP contribution in [0.25, 0.3) is 0 Å². The molecule has 0 aromatic carbocycles. The molecular formula is C15H31NO. The summed E-state index contributed by atoms with van der Waals surface area (Å²) in [6.45, 7) is 8.19. The summed E-state index contributed by atoms with van der Waals surface area (Å²) in [6.07, 6.45) is 12.0. The van der Waals surface area contributed by atoms with Crippen molar-refractivity contribution in [2.75, 3.05) is 19.6 Å². The van der Waals surface area contributed by atoms with Crippen molar-refractivity contribution in [1.82, 2.24) is 4.90 Å². The quantitative estimate of drug-likeness (QED) is 0.358. The molecule has 0 spiro atoms. The maximum Gasteiger partial charge on any atom is 0.119 e. The molecule has 0 bridgehead atoms. The Kier molecular flexibility index (Phi) is 13.4. The number of unbranched alkanes of at least 4 members (excludes halogenated alkanes) is 6. The predicted molar refractivity (Wildman–Crippen MR) is 75.4 cm³/mol. The maximum absolute atomic E-state index is 10.3. The van der Waals surface area contributed by atoms with Gasteiger partial charge in [-0.3, -0.25) is 0 Å². The van der Waals surface area contributed by atoms with E-state index in [1.807, 2.05) is 0 Å². The Morgan fingerprint density at radius 2 is 1.24 bits per heavy atom. The van der Waals surface area contributed by atoms with E-state index in [0.717, 1.165) is 19.1 Å². The van der Waals surface area contributed by atoms with Gasteiger partial charge in [0.05, 0.1) is 0 Å². The molecule has 0 saturated heterocycles. The van der Waals surface area contributed by atoms with Crippen LogP contribution in [-0.2, 0) is 4.79 Å². The summed E-state index contributed by atoms with van der Waals surface area (Å²) in [5.74, 6) is 0. The Morgan fingerprint density at radius 1 is 0.765 bits per heavy atom. The molecule has 2 nitrogen and oxygen atoms in total. The van der Waals surface area contributed by atoms with E-state index in [4.69, 9.17) is 0 Å². The maximum atomic E-state index is 10.3. The van der Waals surface area contributed by atoms with Crippen LogP contribution in [0.4, 0.5) is 0 Å². The van der Waals surface area contributed by atoms with Gasteiger partial charge in [-0.2, -0.15) is 0 Å². The first-order valence-electron chi connectivity index (χ1n) is 7.51. The van der Waals surface area contributed by atoms with E-state index in [-0.39, 0.29) is 0 Å². The van der Waals surface area contributed by atoms with Crippen molar-refractivity contribution in [3.8, 4) is 0 Å². The molecule has 2 heteroatoms. The van der Waals surface area contributed by atoms with Crippen LogP contribution in [0.1, 0.15) is 71.6 Å². The van der Waals surface area contributed by atoms with E-state index < -0.39 is 0 Å². The first-order valence-corrected chi connectivity index (χ1v) is 7.51. The first-order chi connectivity index (χ1) is 8.35. The molecule has 0 aromatic rings. The molecule has 0 unspecified atom stereocenters. The van der Waals surface area contributed by atoms with E-state index in [1.54, 1.807) is 0 Å². The normalized spacial score (nSPS) is 11.0. The summed E-state index contributed by atoms with van der Waals surface area (Å²) >= 11 is 0. The summed E-state index contributed by atoms with van der Waals surface area (Å²) in [7, 11) is 0. The van der Waals surface area contributed by atoms with E-state index in [2.05, 4.69) is 18.7 Å². The van der Waals surface area contributed by atoms with Gasteiger partial charge in [0.1, 0.15) is 6.29 Å². The van der Waals surface area contributed by atoms with Crippen LogP contribution < -0.4 is 0 Å². The average Bonchev–Trinajstić information content (AvgIpc) is 2.34. The van der Waals surface area contributed by atoms with Crippen molar-refractivity contribution in [3.63, 3.8) is 0 Å². The fourth-order valence-electron chi connectivity index (χ4n) is 2.07. The van der Waals surface area contributed by atoms with Crippen LogP contribution in [0.2, 0.25) is 0 Å². The average molecular weight is 241 g/mol. The van der Waals surface area contributed by atoms with Crippen molar-refractivity contribution in [2.45, 2.75) is 71.6 Å². The lowest BCUT2D eigenvalue weighted by atomic mass is 10.2. The molecule has 0 N–H and O–H groups in total. The fourth-order valence-corrected chi connectivity index (χ4v) is 2.07. The van der Waals surface area contributed by atoms with Crippen LogP contribution in [0.3, 0.4) is 0 Å². The molecule has 0 atom stereocenters. The smallest absolute Gasteiger partial charge is 0.119 e. The Morgan fingerprint density at radius 3 is 1.65 bits per heavy atom. The summed E-state index contributed by atoms with van der Waals surface area (Å²) in [5, 5.41) is 0. The van der Waals surface area contributed by atoms with Crippen LogP contribution >= 0.6 is 0 Å². The van der Waals surface area contributed by atoms with Crippen LogP contribution in [0, 0.1) is 0 Å². The van der Waals surface area contributed by atoms with Gasteiger partial charge in [-0.25, -0.2) is 0 Å². The molecule has 17 heavy (non-hydrogen) atoms. The number of carbonyl (C=O) groups is 1. The molecule has 0 aliphatic heterocycles. The van der Waals surface area contributed by atoms with E-state index in [9.17, 15) is 4.79 Å². The molecule has 0 amide bonds. The third-order valence-corrected chi connectivity index (χ3v) is 3.20. The lowest BCUT2D eigenvalue weighted by Crippen LogP contribution is -2.27. The molecule has 0 aromatic heterocycles. The molecule has 102 valence electrons. The van der Waals surface area contributed by atoms with Crippen LogP contribution in [0.5, 0.6) is 0 Å². The van der Waals surface area contributed by atoms with Gasteiger partial charge in [0.25, 0.3) is 0 Å². The predicted octanol–water partition coefficient (Wildman–Crippen LogP) is 4.04. The highest BCUT2D eigenvalue weighted by molar-refractivity contribution is 5.48. The van der Waals surface area contributed by atoms with Crippen LogP contribution in [-0.4, -0.2) is 30.8 Å². The number of hydrogen-bond acceptors (Lipinski definition) is 2. The lowest BCUT2D eigenvalue weighted by molar-refractivity contribution is -0.107. The first kappa shape index (κ1) is 16.6. The minimum absolute atomic E-state index is 0.734.